The number of benzene rings is 1. The van der Waals surface area contributed by atoms with Gasteiger partial charge in [-0.3, -0.25) is 14.5 Å². The molecule has 1 aromatic rings. The van der Waals surface area contributed by atoms with Crippen molar-refractivity contribution in [2.45, 2.75) is 6.10 Å². The van der Waals surface area contributed by atoms with Crippen LogP contribution in [0.5, 0.6) is 0 Å². The zero-order valence-electron chi connectivity index (χ0n) is 11.7. The third-order valence-electron chi connectivity index (χ3n) is 3.21. The van der Waals surface area contributed by atoms with Crippen molar-refractivity contribution in [3.05, 3.63) is 35.9 Å². The maximum atomic E-state index is 11.7. The maximum absolute atomic E-state index is 11.7. The minimum absolute atomic E-state index is 0.0151. The fraction of sp³-hybridized carbons (Fsp3) is 0.357. The van der Waals surface area contributed by atoms with Gasteiger partial charge >= 0.3 is 6.03 Å². The fourth-order valence-corrected chi connectivity index (χ4v) is 2.03. The number of aliphatic hydroxyl groups excluding tert-OH is 1. The number of carbonyl (C=O) groups is 3. The van der Waals surface area contributed by atoms with Crippen LogP contribution in [0.3, 0.4) is 0 Å². The van der Waals surface area contributed by atoms with Gasteiger partial charge in [-0.2, -0.15) is 0 Å². The number of hydrogen-bond donors (Lipinski definition) is 2. The monoisotopic (exact) mass is 291 g/mol. The van der Waals surface area contributed by atoms with Gasteiger partial charge in [-0.05, 0) is 5.56 Å². The largest absolute Gasteiger partial charge is 0.387 e. The van der Waals surface area contributed by atoms with Crippen molar-refractivity contribution in [2.24, 2.45) is 0 Å². The molecular formula is C14H17N3O4. The lowest BCUT2D eigenvalue weighted by Gasteiger charge is -2.15. The summed E-state index contributed by atoms with van der Waals surface area (Å²) in [4.78, 5) is 37.0. The third-order valence-corrected chi connectivity index (χ3v) is 3.21. The second-order valence-electron chi connectivity index (χ2n) is 4.85. The summed E-state index contributed by atoms with van der Waals surface area (Å²) in [6.45, 7) is -0.322. The molecule has 2 rings (SSSR count). The van der Waals surface area contributed by atoms with Crippen LogP contribution >= 0.6 is 0 Å². The molecule has 0 radical (unpaired) electrons. The van der Waals surface area contributed by atoms with Crippen molar-refractivity contribution >= 4 is 17.8 Å². The molecule has 21 heavy (non-hydrogen) atoms. The summed E-state index contributed by atoms with van der Waals surface area (Å²) in [5.41, 5.74) is 0.686. The molecule has 1 atom stereocenters. The van der Waals surface area contributed by atoms with Gasteiger partial charge in [0.2, 0.25) is 5.91 Å². The van der Waals surface area contributed by atoms with Gasteiger partial charge in [0, 0.05) is 13.6 Å². The first-order valence-electron chi connectivity index (χ1n) is 6.54. The number of likely N-dealkylation sites (N-methyl/N-ethyl adjacent to an activating group) is 1. The quantitative estimate of drug-likeness (QED) is 0.731. The molecule has 1 aromatic carbocycles. The van der Waals surface area contributed by atoms with Crippen molar-refractivity contribution in [3.8, 4) is 0 Å². The highest BCUT2D eigenvalue weighted by atomic mass is 16.3. The van der Waals surface area contributed by atoms with Gasteiger partial charge in [0.25, 0.3) is 5.91 Å². The number of hydrogen-bond acceptors (Lipinski definition) is 4. The first kappa shape index (κ1) is 15.0. The van der Waals surface area contributed by atoms with E-state index in [1.807, 2.05) is 6.07 Å². The van der Waals surface area contributed by atoms with Crippen molar-refractivity contribution < 1.29 is 19.5 Å². The molecule has 1 aliphatic heterocycles. The number of aliphatic hydroxyl groups is 1. The van der Waals surface area contributed by atoms with E-state index in [0.717, 1.165) is 4.90 Å². The number of imide groups is 1. The SMILES string of the molecule is CN1CC(=O)N(CC(=O)NCC(O)c2ccccc2)C1=O. The van der Waals surface area contributed by atoms with E-state index in [1.54, 1.807) is 24.3 Å². The molecule has 1 unspecified atom stereocenters. The van der Waals surface area contributed by atoms with Crippen LogP contribution in [0.4, 0.5) is 4.79 Å². The number of amides is 4. The molecule has 0 aromatic heterocycles. The highest BCUT2D eigenvalue weighted by Crippen LogP contribution is 2.11. The summed E-state index contributed by atoms with van der Waals surface area (Å²) in [6.07, 6.45) is -0.831. The number of urea groups is 1. The Labute approximate surface area is 122 Å². The van der Waals surface area contributed by atoms with Gasteiger partial charge < -0.3 is 15.3 Å². The summed E-state index contributed by atoms with van der Waals surface area (Å²) in [5, 5.41) is 12.4. The van der Waals surface area contributed by atoms with E-state index in [0.29, 0.717) is 5.56 Å². The minimum Gasteiger partial charge on any atom is -0.387 e. The fourth-order valence-electron chi connectivity index (χ4n) is 2.03. The molecule has 1 saturated heterocycles. The predicted octanol–water partition coefficient (Wildman–Crippen LogP) is -0.270. The Morgan fingerprint density at radius 1 is 1.33 bits per heavy atom. The average molecular weight is 291 g/mol. The maximum Gasteiger partial charge on any atom is 0.327 e. The summed E-state index contributed by atoms with van der Waals surface area (Å²) in [7, 11) is 1.50. The Bertz CT molecular complexity index is 546. The molecule has 7 heteroatoms. The molecule has 0 aliphatic carbocycles. The Balaban J connectivity index is 1.83. The lowest BCUT2D eigenvalue weighted by atomic mass is 10.1. The van der Waals surface area contributed by atoms with Gasteiger partial charge in [0.15, 0.2) is 0 Å². The van der Waals surface area contributed by atoms with E-state index in [-0.39, 0.29) is 19.6 Å². The second kappa shape index (κ2) is 6.36. The summed E-state index contributed by atoms with van der Waals surface area (Å²) in [5.74, 6) is -0.886. The number of rotatable bonds is 5. The lowest BCUT2D eigenvalue weighted by Crippen LogP contribution is -2.42. The van der Waals surface area contributed by atoms with Gasteiger partial charge in [-0.15, -0.1) is 0 Å². The van der Waals surface area contributed by atoms with Crippen molar-refractivity contribution in [1.82, 2.24) is 15.1 Å². The average Bonchev–Trinajstić information content (AvgIpc) is 2.72. The van der Waals surface area contributed by atoms with E-state index in [4.69, 9.17) is 0 Å². The molecule has 0 bridgehead atoms. The zero-order valence-corrected chi connectivity index (χ0v) is 11.7. The van der Waals surface area contributed by atoms with Crippen LogP contribution in [0.15, 0.2) is 30.3 Å². The summed E-state index contributed by atoms with van der Waals surface area (Å²) < 4.78 is 0. The standard InChI is InChI=1S/C14H17N3O4/c1-16-9-13(20)17(14(16)21)8-12(19)15-7-11(18)10-5-3-2-4-6-10/h2-6,11,18H,7-9H2,1H3,(H,15,19). The molecule has 4 amide bonds. The molecule has 1 heterocycles. The van der Waals surface area contributed by atoms with Crippen LogP contribution in [0, 0.1) is 0 Å². The molecule has 2 N–H and O–H groups in total. The Hall–Kier alpha value is -2.41. The number of nitrogens with one attached hydrogen (secondary N) is 1. The van der Waals surface area contributed by atoms with Crippen LogP contribution in [0.2, 0.25) is 0 Å². The molecule has 0 spiro atoms. The van der Waals surface area contributed by atoms with Crippen LogP contribution in [0.25, 0.3) is 0 Å². The van der Waals surface area contributed by atoms with E-state index in [1.165, 1.54) is 11.9 Å². The number of nitrogens with zero attached hydrogens (tertiary/aromatic N) is 2. The molecule has 1 fully saturated rings. The summed E-state index contributed by atoms with van der Waals surface area (Å²) >= 11 is 0. The van der Waals surface area contributed by atoms with Crippen LogP contribution in [-0.2, 0) is 9.59 Å². The van der Waals surface area contributed by atoms with E-state index >= 15 is 0 Å². The third kappa shape index (κ3) is 3.57. The Kier molecular flexibility index (Phi) is 4.54. The smallest absolute Gasteiger partial charge is 0.327 e. The van der Waals surface area contributed by atoms with Gasteiger partial charge in [0.1, 0.15) is 13.1 Å². The van der Waals surface area contributed by atoms with Crippen LogP contribution in [-0.4, -0.2) is 59.4 Å². The minimum atomic E-state index is -0.831. The second-order valence-corrected chi connectivity index (χ2v) is 4.85. The normalized spacial score (nSPS) is 16.3. The van der Waals surface area contributed by atoms with Gasteiger partial charge in [0.05, 0.1) is 6.10 Å². The van der Waals surface area contributed by atoms with E-state index in [9.17, 15) is 19.5 Å². The van der Waals surface area contributed by atoms with Crippen LogP contribution < -0.4 is 5.32 Å². The van der Waals surface area contributed by atoms with Gasteiger partial charge in [-0.1, -0.05) is 30.3 Å². The zero-order chi connectivity index (χ0) is 15.4. The first-order chi connectivity index (χ1) is 9.99. The lowest BCUT2D eigenvalue weighted by molar-refractivity contribution is -0.130. The molecule has 0 saturated carbocycles. The van der Waals surface area contributed by atoms with Crippen molar-refractivity contribution in [1.29, 1.82) is 0 Å². The Morgan fingerprint density at radius 3 is 2.57 bits per heavy atom. The highest BCUT2D eigenvalue weighted by molar-refractivity contribution is 6.04. The molecule has 7 nitrogen and oxygen atoms in total. The van der Waals surface area contributed by atoms with Gasteiger partial charge in [-0.25, -0.2) is 4.79 Å². The van der Waals surface area contributed by atoms with Crippen LogP contribution in [0.1, 0.15) is 11.7 Å². The molecular weight excluding hydrogens is 274 g/mol. The first-order valence-corrected chi connectivity index (χ1v) is 6.54. The molecule has 112 valence electrons. The Morgan fingerprint density at radius 2 is 2.00 bits per heavy atom. The number of carbonyl (C=O) groups excluding carboxylic acids is 3. The topological polar surface area (TPSA) is 90.0 Å². The van der Waals surface area contributed by atoms with Crippen molar-refractivity contribution in [3.63, 3.8) is 0 Å². The van der Waals surface area contributed by atoms with E-state index in [2.05, 4.69) is 5.32 Å². The summed E-state index contributed by atoms with van der Waals surface area (Å²) in [6, 6.07) is 8.42. The predicted molar refractivity (Wildman–Crippen MR) is 74.2 cm³/mol. The highest BCUT2D eigenvalue weighted by Gasteiger charge is 2.34. The van der Waals surface area contributed by atoms with Crippen molar-refractivity contribution in [2.75, 3.05) is 26.7 Å². The molecule has 1 aliphatic rings. The van der Waals surface area contributed by atoms with E-state index < -0.39 is 23.9 Å².